The van der Waals surface area contributed by atoms with Gasteiger partial charge in [-0.15, -0.1) is 12.4 Å². The number of piperazine rings is 1. The standard InChI is InChI=1S/C21H27N3O2.ClH/c1-23(15-17-8-4-3-5-9-17)21(25)16-24-13-12-22-14-19(24)18-10-6-7-11-20(18)26-2;/h3-11,19,22H,12-16H2,1-2H3;1H. The van der Waals surface area contributed by atoms with Crippen LogP contribution in [0, 0.1) is 0 Å². The summed E-state index contributed by atoms with van der Waals surface area (Å²) in [6.07, 6.45) is 0. The van der Waals surface area contributed by atoms with Crippen molar-refractivity contribution in [2.75, 3.05) is 40.3 Å². The van der Waals surface area contributed by atoms with Gasteiger partial charge in [-0.3, -0.25) is 9.69 Å². The minimum absolute atomic E-state index is 0. The van der Waals surface area contributed by atoms with Crippen LogP contribution in [0.1, 0.15) is 17.2 Å². The Labute approximate surface area is 167 Å². The van der Waals surface area contributed by atoms with Gasteiger partial charge >= 0.3 is 0 Å². The number of halogens is 1. The summed E-state index contributed by atoms with van der Waals surface area (Å²) in [5.74, 6) is 1.01. The molecule has 27 heavy (non-hydrogen) atoms. The summed E-state index contributed by atoms with van der Waals surface area (Å²) in [6.45, 7) is 3.59. The number of amides is 1. The van der Waals surface area contributed by atoms with Gasteiger partial charge in [0, 0.05) is 38.8 Å². The molecule has 1 amide bonds. The summed E-state index contributed by atoms with van der Waals surface area (Å²) < 4.78 is 5.53. The first-order valence-corrected chi connectivity index (χ1v) is 9.04. The Kier molecular flexibility index (Phi) is 8.10. The van der Waals surface area contributed by atoms with E-state index in [0.717, 1.165) is 36.5 Å². The van der Waals surface area contributed by atoms with Crippen LogP contribution in [-0.2, 0) is 11.3 Å². The van der Waals surface area contributed by atoms with Crippen LogP contribution in [0.5, 0.6) is 5.75 Å². The lowest BCUT2D eigenvalue weighted by Crippen LogP contribution is -2.49. The smallest absolute Gasteiger partial charge is 0.236 e. The fourth-order valence-corrected chi connectivity index (χ4v) is 3.42. The molecule has 5 nitrogen and oxygen atoms in total. The van der Waals surface area contributed by atoms with E-state index in [1.54, 1.807) is 12.0 Å². The zero-order valence-corrected chi connectivity index (χ0v) is 16.7. The molecule has 1 saturated heterocycles. The molecule has 1 atom stereocenters. The molecular formula is C21H28ClN3O2. The van der Waals surface area contributed by atoms with Crippen molar-refractivity contribution in [3.8, 4) is 5.75 Å². The highest BCUT2D eigenvalue weighted by Gasteiger charge is 2.28. The lowest BCUT2D eigenvalue weighted by Gasteiger charge is -2.37. The zero-order valence-electron chi connectivity index (χ0n) is 15.9. The molecule has 146 valence electrons. The molecule has 3 rings (SSSR count). The third-order valence-electron chi connectivity index (χ3n) is 4.88. The summed E-state index contributed by atoms with van der Waals surface area (Å²) in [5, 5.41) is 3.43. The SMILES string of the molecule is COc1ccccc1C1CNCCN1CC(=O)N(C)Cc1ccccc1.Cl. The molecule has 0 aliphatic carbocycles. The highest BCUT2D eigenvalue weighted by atomic mass is 35.5. The number of carbonyl (C=O) groups is 1. The van der Waals surface area contributed by atoms with Crippen LogP contribution in [0.15, 0.2) is 54.6 Å². The Morgan fingerprint density at radius 1 is 1.19 bits per heavy atom. The van der Waals surface area contributed by atoms with Crippen LogP contribution in [-0.4, -0.2) is 56.0 Å². The van der Waals surface area contributed by atoms with Gasteiger partial charge in [0.1, 0.15) is 5.75 Å². The quantitative estimate of drug-likeness (QED) is 0.825. The maximum atomic E-state index is 12.8. The Morgan fingerprint density at radius 3 is 2.63 bits per heavy atom. The van der Waals surface area contributed by atoms with Gasteiger partial charge in [-0.05, 0) is 11.6 Å². The average molecular weight is 390 g/mol. The molecule has 1 N–H and O–H groups in total. The lowest BCUT2D eigenvalue weighted by atomic mass is 10.0. The van der Waals surface area contributed by atoms with E-state index in [4.69, 9.17) is 4.74 Å². The molecule has 6 heteroatoms. The van der Waals surface area contributed by atoms with Crippen molar-refractivity contribution >= 4 is 18.3 Å². The number of nitrogens with zero attached hydrogens (tertiary/aromatic N) is 2. The number of hydrogen-bond acceptors (Lipinski definition) is 4. The molecule has 1 aliphatic heterocycles. The summed E-state index contributed by atoms with van der Waals surface area (Å²) >= 11 is 0. The van der Waals surface area contributed by atoms with Gasteiger partial charge in [0.05, 0.1) is 19.7 Å². The average Bonchev–Trinajstić information content (AvgIpc) is 2.69. The molecule has 2 aromatic rings. The lowest BCUT2D eigenvalue weighted by molar-refractivity contribution is -0.132. The largest absolute Gasteiger partial charge is 0.496 e. The van der Waals surface area contributed by atoms with Crippen LogP contribution in [0.2, 0.25) is 0 Å². The molecule has 2 aromatic carbocycles. The Morgan fingerprint density at radius 2 is 1.89 bits per heavy atom. The summed E-state index contributed by atoms with van der Waals surface area (Å²) in [7, 11) is 3.56. The predicted octanol–water partition coefficient (Wildman–Crippen LogP) is 2.72. The van der Waals surface area contributed by atoms with Gasteiger partial charge in [-0.1, -0.05) is 48.5 Å². The predicted molar refractivity (Wildman–Crippen MR) is 110 cm³/mol. The van der Waals surface area contributed by atoms with Crippen LogP contribution >= 0.6 is 12.4 Å². The van der Waals surface area contributed by atoms with Crippen LogP contribution in [0.3, 0.4) is 0 Å². The molecule has 0 spiro atoms. The van der Waals surface area contributed by atoms with E-state index >= 15 is 0 Å². The van der Waals surface area contributed by atoms with E-state index in [1.165, 1.54) is 0 Å². The summed E-state index contributed by atoms with van der Waals surface area (Å²) in [6, 6.07) is 18.3. The highest BCUT2D eigenvalue weighted by Crippen LogP contribution is 2.30. The van der Waals surface area contributed by atoms with Gasteiger partial charge in [-0.25, -0.2) is 0 Å². The van der Waals surface area contributed by atoms with E-state index in [1.807, 2.05) is 55.6 Å². The van der Waals surface area contributed by atoms with Crippen molar-refractivity contribution in [1.29, 1.82) is 0 Å². The van der Waals surface area contributed by atoms with Gasteiger partial charge in [-0.2, -0.15) is 0 Å². The number of para-hydroxylation sites is 1. The zero-order chi connectivity index (χ0) is 18.4. The van der Waals surface area contributed by atoms with E-state index in [9.17, 15) is 4.79 Å². The van der Waals surface area contributed by atoms with Crippen molar-refractivity contribution in [3.05, 3.63) is 65.7 Å². The molecular weight excluding hydrogens is 362 g/mol. The maximum absolute atomic E-state index is 12.8. The third kappa shape index (κ3) is 5.45. The summed E-state index contributed by atoms with van der Waals surface area (Å²) in [4.78, 5) is 16.8. The van der Waals surface area contributed by atoms with Crippen molar-refractivity contribution in [1.82, 2.24) is 15.1 Å². The van der Waals surface area contributed by atoms with Gasteiger partial charge in [0.15, 0.2) is 0 Å². The number of benzene rings is 2. The number of rotatable bonds is 6. The Bertz CT molecular complexity index is 726. The minimum atomic E-state index is 0. The van der Waals surface area contributed by atoms with Crippen molar-refractivity contribution in [2.45, 2.75) is 12.6 Å². The van der Waals surface area contributed by atoms with Crippen LogP contribution in [0.4, 0.5) is 0 Å². The number of ether oxygens (including phenoxy) is 1. The first kappa shape index (κ1) is 21.2. The first-order valence-electron chi connectivity index (χ1n) is 9.04. The molecule has 1 heterocycles. The van der Waals surface area contributed by atoms with Crippen LogP contribution < -0.4 is 10.1 Å². The number of hydrogen-bond donors (Lipinski definition) is 1. The number of likely N-dealkylation sites (N-methyl/N-ethyl adjacent to an activating group) is 1. The van der Waals surface area contributed by atoms with Gasteiger partial charge in [0.25, 0.3) is 0 Å². The monoisotopic (exact) mass is 389 g/mol. The van der Waals surface area contributed by atoms with E-state index in [0.29, 0.717) is 13.1 Å². The topological polar surface area (TPSA) is 44.8 Å². The van der Waals surface area contributed by atoms with Gasteiger partial charge < -0.3 is 15.0 Å². The minimum Gasteiger partial charge on any atom is -0.496 e. The molecule has 0 aromatic heterocycles. The number of carbonyl (C=O) groups excluding carboxylic acids is 1. The molecule has 1 fully saturated rings. The van der Waals surface area contributed by atoms with Crippen molar-refractivity contribution < 1.29 is 9.53 Å². The highest BCUT2D eigenvalue weighted by molar-refractivity contribution is 5.85. The molecule has 1 unspecified atom stereocenters. The second kappa shape index (κ2) is 10.3. The Balaban J connectivity index is 0.00000261. The fourth-order valence-electron chi connectivity index (χ4n) is 3.42. The molecule has 0 bridgehead atoms. The first-order chi connectivity index (χ1) is 12.7. The second-order valence-corrected chi connectivity index (χ2v) is 6.67. The number of methoxy groups -OCH3 is 1. The molecule has 1 aliphatic rings. The van der Waals surface area contributed by atoms with E-state index in [2.05, 4.69) is 16.3 Å². The second-order valence-electron chi connectivity index (χ2n) is 6.67. The normalized spacial score (nSPS) is 17.0. The van der Waals surface area contributed by atoms with E-state index in [-0.39, 0.29) is 24.4 Å². The van der Waals surface area contributed by atoms with Crippen molar-refractivity contribution in [3.63, 3.8) is 0 Å². The molecule has 0 radical (unpaired) electrons. The van der Waals surface area contributed by atoms with Crippen LogP contribution in [0.25, 0.3) is 0 Å². The summed E-state index contributed by atoms with van der Waals surface area (Å²) in [5.41, 5.74) is 2.27. The molecule has 0 saturated carbocycles. The third-order valence-corrected chi connectivity index (χ3v) is 4.88. The maximum Gasteiger partial charge on any atom is 0.236 e. The fraction of sp³-hybridized carbons (Fsp3) is 0.381. The van der Waals surface area contributed by atoms with E-state index < -0.39 is 0 Å². The van der Waals surface area contributed by atoms with Crippen molar-refractivity contribution in [2.24, 2.45) is 0 Å². The Hall–Kier alpha value is -2.08. The van der Waals surface area contributed by atoms with Gasteiger partial charge in [0.2, 0.25) is 5.91 Å². The number of nitrogens with one attached hydrogen (secondary N) is 1.